The molecule has 0 fully saturated rings. The molecule has 0 aromatic heterocycles. The van der Waals surface area contributed by atoms with Gasteiger partial charge in [-0.15, -0.1) is 0 Å². The predicted molar refractivity (Wildman–Crippen MR) is 70.0 cm³/mol. The second-order valence-electron chi connectivity index (χ2n) is 3.32. The van der Waals surface area contributed by atoms with Crippen molar-refractivity contribution in [2.24, 2.45) is 5.73 Å². The van der Waals surface area contributed by atoms with Gasteiger partial charge in [0.2, 0.25) is 0 Å². The van der Waals surface area contributed by atoms with Crippen molar-refractivity contribution in [3.05, 3.63) is 32.7 Å². The number of hydrogen-bond donors (Lipinski definition) is 1. The largest absolute Gasteiger partial charge is 0.466 e. The molecule has 0 spiro atoms. The lowest BCUT2D eigenvalue weighted by atomic mass is 10.1. The van der Waals surface area contributed by atoms with Gasteiger partial charge < -0.3 is 10.5 Å². The van der Waals surface area contributed by atoms with Gasteiger partial charge in [0.05, 0.1) is 13.0 Å². The van der Waals surface area contributed by atoms with E-state index in [4.69, 9.17) is 10.5 Å². The third-order valence-electron chi connectivity index (χ3n) is 2.00. The third-order valence-corrected chi connectivity index (χ3v) is 2.92. The Morgan fingerprint density at radius 3 is 2.44 bits per heavy atom. The monoisotopic (exact) mass is 349 g/mol. The number of carbonyl (C=O) groups excluding carboxylic acids is 1. The van der Waals surface area contributed by atoms with Gasteiger partial charge in [-0.2, -0.15) is 0 Å². The van der Waals surface area contributed by atoms with E-state index < -0.39 is 0 Å². The number of ether oxygens (including phenoxy) is 1. The molecule has 0 aliphatic carbocycles. The highest BCUT2D eigenvalue weighted by Crippen LogP contribution is 2.24. The number of carbonyl (C=O) groups is 1. The Hall–Kier alpha value is -0.390. The maximum atomic E-state index is 11.3. The van der Waals surface area contributed by atoms with Crippen LogP contribution in [0.4, 0.5) is 0 Å². The fraction of sp³-hybridized carbons (Fsp3) is 0.364. The predicted octanol–water partition coefficient (Wildman–Crippen LogP) is 3.16. The normalized spacial score (nSPS) is 12.2. The van der Waals surface area contributed by atoms with Gasteiger partial charge in [-0.3, -0.25) is 4.79 Å². The summed E-state index contributed by atoms with van der Waals surface area (Å²) in [7, 11) is 0. The highest BCUT2D eigenvalue weighted by Gasteiger charge is 2.13. The van der Waals surface area contributed by atoms with Crippen LogP contribution in [0.15, 0.2) is 27.1 Å². The number of hydrogen-bond acceptors (Lipinski definition) is 3. The molecule has 1 unspecified atom stereocenters. The van der Waals surface area contributed by atoms with Crippen molar-refractivity contribution in [1.82, 2.24) is 0 Å². The first-order chi connectivity index (χ1) is 7.52. The third kappa shape index (κ3) is 4.23. The lowest BCUT2D eigenvalue weighted by molar-refractivity contribution is -0.143. The fourth-order valence-corrected chi connectivity index (χ4v) is 2.64. The maximum absolute atomic E-state index is 11.3. The molecule has 0 amide bonds. The summed E-state index contributed by atoms with van der Waals surface area (Å²) in [4.78, 5) is 11.3. The minimum Gasteiger partial charge on any atom is -0.466 e. The fourth-order valence-electron chi connectivity index (χ4n) is 1.31. The van der Waals surface area contributed by atoms with Crippen molar-refractivity contribution in [2.45, 2.75) is 19.4 Å². The van der Waals surface area contributed by atoms with Crippen molar-refractivity contribution in [3.8, 4) is 0 Å². The Labute approximate surface area is 112 Å². The van der Waals surface area contributed by atoms with E-state index in [9.17, 15) is 4.79 Å². The lowest BCUT2D eigenvalue weighted by Crippen LogP contribution is -2.17. The molecule has 16 heavy (non-hydrogen) atoms. The number of benzene rings is 1. The van der Waals surface area contributed by atoms with E-state index in [1.165, 1.54) is 0 Å². The van der Waals surface area contributed by atoms with Crippen LogP contribution in [0.1, 0.15) is 24.9 Å². The number of rotatable bonds is 4. The Morgan fingerprint density at radius 2 is 1.94 bits per heavy atom. The SMILES string of the molecule is CCOC(=O)CC(N)c1cc(Br)cc(Br)c1. The molecule has 0 bridgehead atoms. The Bertz CT molecular complexity index is 362. The van der Waals surface area contributed by atoms with Crippen LogP contribution in [-0.2, 0) is 9.53 Å². The first kappa shape index (κ1) is 13.7. The molecule has 2 N–H and O–H groups in total. The standard InChI is InChI=1S/C11H13Br2NO2/c1-2-16-11(15)6-10(14)7-3-8(12)5-9(13)4-7/h3-5,10H,2,6,14H2,1H3. The van der Waals surface area contributed by atoms with Gasteiger partial charge >= 0.3 is 5.97 Å². The van der Waals surface area contributed by atoms with E-state index in [1.807, 2.05) is 18.2 Å². The molecule has 1 aromatic rings. The van der Waals surface area contributed by atoms with E-state index in [0.717, 1.165) is 14.5 Å². The highest BCUT2D eigenvalue weighted by molar-refractivity contribution is 9.11. The average molecular weight is 351 g/mol. The second kappa shape index (κ2) is 6.37. The van der Waals surface area contributed by atoms with Gasteiger partial charge in [-0.25, -0.2) is 0 Å². The summed E-state index contributed by atoms with van der Waals surface area (Å²) in [6.45, 7) is 2.16. The number of halogens is 2. The van der Waals surface area contributed by atoms with Crippen molar-refractivity contribution in [1.29, 1.82) is 0 Å². The number of nitrogens with two attached hydrogens (primary N) is 1. The van der Waals surface area contributed by atoms with Crippen LogP contribution in [0, 0.1) is 0 Å². The molecule has 0 saturated heterocycles. The van der Waals surface area contributed by atoms with Crippen LogP contribution in [-0.4, -0.2) is 12.6 Å². The van der Waals surface area contributed by atoms with Gasteiger partial charge in [-0.1, -0.05) is 31.9 Å². The second-order valence-corrected chi connectivity index (χ2v) is 5.15. The van der Waals surface area contributed by atoms with Crippen molar-refractivity contribution >= 4 is 37.8 Å². The molecular weight excluding hydrogens is 338 g/mol. The molecular formula is C11H13Br2NO2. The Morgan fingerprint density at radius 1 is 1.38 bits per heavy atom. The van der Waals surface area contributed by atoms with Crippen LogP contribution in [0.5, 0.6) is 0 Å². The molecule has 1 rings (SSSR count). The van der Waals surface area contributed by atoms with Crippen molar-refractivity contribution < 1.29 is 9.53 Å². The summed E-state index contributed by atoms with van der Waals surface area (Å²) in [5.74, 6) is -0.272. The van der Waals surface area contributed by atoms with Crippen LogP contribution in [0.3, 0.4) is 0 Å². The zero-order chi connectivity index (χ0) is 12.1. The molecule has 0 heterocycles. The van der Waals surface area contributed by atoms with Crippen LogP contribution in [0.2, 0.25) is 0 Å². The lowest BCUT2D eigenvalue weighted by Gasteiger charge is -2.12. The van der Waals surface area contributed by atoms with Crippen LogP contribution < -0.4 is 5.73 Å². The van der Waals surface area contributed by atoms with E-state index in [-0.39, 0.29) is 18.4 Å². The number of esters is 1. The summed E-state index contributed by atoms with van der Waals surface area (Å²) in [6, 6.07) is 5.37. The van der Waals surface area contributed by atoms with Gasteiger partial charge in [0.25, 0.3) is 0 Å². The molecule has 0 saturated carbocycles. The van der Waals surface area contributed by atoms with E-state index in [1.54, 1.807) is 6.92 Å². The smallest absolute Gasteiger partial charge is 0.307 e. The molecule has 88 valence electrons. The summed E-state index contributed by atoms with van der Waals surface area (Å²) < 4.78 is 6.71. The highest BCUT2D eigenvalue weighted by atomic mass is 79.9. The minimum atomic E-state index is -0.340. The van der Waals surface area contributed by atoms with Crippen molar-refractivity contribution in [2.75, 3.05) is 6.61 Å². The van der Waals surface area contributed by atoms with Gasteiger partial charge in [0.1, 0.15) is 0 Å². The first-order valence-electron chi connectivity index (χ1n) is 4.90. The molecule has 0 aliphatic heterocycles. The molecule has 0 aliphatic rings. The quantitative estimate of drug-likeness (QED) is 0.848. The molecule has 0 radical (unpaired) electrons. The van der Waals surface area contributed by atoms with Crippen LogP contribution in [0.25, 0.3) is 0 Å². The summed E-state index contributed by atoms with van der Waals surface area (Å²) in [6.07, 6.45) is 0.191. The molecule has 3 nitrogen and oxygen atoms in total. The topological polar surface area (TPSA) is 52.3 Å². The Balaban J connectivity index is 2.72. The average Bonchev–Trinajstić information content (AvgIpc) is 2.16. The van der Waals surface area contributed by atoms with Gasteiger partial charge in [0.15, 0.2) is 0 Å². The first-order valence-corrected chi connectivity index (χ1v) is 6.48. The zero-order valence-corrected chi connectivity index (χ0v) is 12.0. The molecule has 1 aromatic carbocycles. The summed E-state index contributed by atoms with van der Waals surface area (Å²) in [5, 5.41) is 0. The maximum Gasteiger partial charge on any atom is 0.307 e. The van der Waals surface area contributed by atoms with E-state index in [2.05, 4.69) is 31.9 Å². The van der Waals surface area contributed by atoms with E-state index in [0.29, 0.717) is 6.61 Å². The summed E-state index contributed by atoms with van der Waals surface area (Å²) >= 11 is 6.75. The van der Waals surface area contributed by atoms with Gasteiger partial charge in [0, 0.05) is 15.0 Å². The zero-order valence-electron chi connectivity index (χ0n) is 8.87. The Kier molecular flexibility index (Phi) is 5.44. The minimum absolute atomic E-state index is 0.191. The van der Waals surface area contributed by atoms with Gasteiger partial charge in [-0.05, 0) is 30.7 Å². The van der Waals surface area contributed by atoms with Crippen molar-refractivity contribution in [3.63, 3.8) is 0 Å². The summed E-state index contributed by atoms with van der Waals surface area (Å²) in [5.41, 5.74) is 6.82. The molecule has 5 heteroatoms. The molecule has 1 atom stereocenters. The van der Waals surface area contributed by atoms with E-state index >= 15 is 0 Å². The van der Waals surface area contributed by atoms with Crippen LogP contribution >= 0.6 is 31.9 Å².